The fourth-order valence-corrected chi connectivity index (χ4v) is 2.10. The number of rotatable bonds is 3. The molecule has 0 aliphatic carbocycles. The molecule has 0 saturated heterocycles. The summed E-state index contributed by atoms with van der Waals surface area (Å²) in [5.74, 6) is -0.286. The van der Waals surface area contributed by atoms with Gasteiger partial charge in [0.2, 0.25) is 0 Å². The second-order valence-electron chi connectivity index (χ2n) is 3.70. The number of benzene rings is 2. The first kappa shape index (κ1) is 13.7. The normalized spacial score (nSPS) is 10.4. The van der Waals surface area contributed by atoms with Crippen LogP contribution < -0.4 is 5.32 Å². The van der Waals surface area contributed by atoms with Gasteiger partial charge in [-0.15, -0.1) is 0 Å². The number of hydrogen-bond donors (Lipinski definition) is 1. The molecule has 2 aromatic rings. The Kier molecular flexibility index (Phi) is 4.49. The number of halogens is 4. The van der Waals surface area contributed by atoms with Crippen molar-refractivity contribution in [1.82, 2.24) is 0 Å². The molecule has 0 atom stereocenters. The summed E-state index contributed by atoms with van der Waals surface area (Å²) >= 11 is 15.1. The molecule has 2 rings (SSSR count). The number of anilines is 1. The van der Waals surface area contributed by atoms with Crippen LogP contribution in [0.3, 0.4) is 0 Å². The van der Waals surface area contributed by atoms with Gasteiger partial charge in [-0.2, -0.15) is 0 Å². The largest absolute Gasteiger partial charge is 0.380 e. The first-order valence-electron chi connectivity index (χ1n) is 5.20. The van der Waals surface area contributed by atoms with Crippen molar-refractivity contribution in [3.05, 3.63) is 62.3 Å². The van der Waals surface area contributed by atoms with E-state index in [4.69, 9.17) is 23.2 Å². The van der Waals surface area contributed by atoms with Crippen molar-refractivity contribution >= 4 is 44.8 Å². The second kappa shape index (κ2) is 5.91. The molecule has 18 heavy (non-hydrogen) atoms. The van der Waals surface area contributed by atoms with Gasteiger partial charge in [-0.05, 0) is 45.8 Å². The summed E-state index contributed by atoms with van der Waals surface area (Å²) in [5, 5.41) is 4.08. The summed E-state index contributed by atoms with van der Waals surface area (Å²) in [5.41, 5.74) is 1.55. The van der Waals surface area contributed by atoms with E-state index in [9.17, 15) is 4.39 Å². The molecule has 94 valence electrons. The van der Waals surface area contributed by atoms with Crippen LogP contribution in [0.25, 0.3) is 0 Å². The number of nitrogens with one attached hydrogen (secondary N) is 1. The zero-order chi connectivity index (χ0) is 13.1. The molecule has 1 nitrogen and oxygen atoms in total. The Labute approximate surface area is 123 Å². The van der Waals surface area contributed by atoms with Gasteiger partial charge in [-0.1, -0.05) is 35.3 Å². The molecule has 0 aliphatic heterocycles. The molecule has 0 spiro atoms. The van der Waals surface area contributed by atoms with Gasteiger partial charge >= 0.3 is 0 Å². The van der Waals surface area contributed by atoms with Crippen LogP contribution in [0.5, 0.6) is 0 Å². The molecule has 0 aromatic heterocycles. The molecule has 0 aliphatic rings. The molecule has 5 heteroatoms. The smallest absolute Gasteiger partial charge is 0.137 e. The van der Waals surface area contributed by atoms with Gasteiger partial charge in [0.25, 0.3) is 0 Å². The van der Waals surface area contributed by atoms with E-state index < -0.39 is 0 Å². The molecular weight excluding hydrogens is 340 g/mol. The fraction of sp³-hybridized carbons (Fsp3) is 0.0769. The lowest BCUT2D eigenvalue weighted by Gasteiger charge is -2.09. The van der Waals surface area contributed by atoms with E-state index in [2.05, 4.69) is 21.2 Å². The highest BCUT2D eigenvalue weighted by molar-refractivity contribution is 9.10. The van der Waals surface area contributed by atoms with Crippen molar-refractivity contribution in [2.75, 3.05) is 5.32 Å². The molecule has 0 heterocycles. The first-order valence-corrected chi connectivity index (χ1v) is 6.74. The van der Waals surface area contributed by atoms with Crippen LogP contribution in [0, 0.1) is 5.82 Å². The Hall–Kier alpha value is -0.770. The summed E-state index contributed by atoms with van der Waals surface area (Å²) in [4.78, 5) is 0. The summed E-state index contributed by atoms with van der Waals surface area (Å²) in [6.45, 7) is 0.476. The molecule has 0 saturated carbocycles. The standard InChI is InChI=1S/C13H9BrCl2FN/c14-9-5-4-8(6-11(9)17)7-18-12-3-1-2-10(15)13(12)16/h1-6,18H,7H2. The summed E-state index contributed by atoms with van der Waals surface area (Å²) < 4.78 is 13.8. The highest BCUT2D eigenvalue weighted by Gasteiger charge is 2.05. The van der Waals surface area contributed by atoms with E-state index in [1.54, 1.807) is 18.2 Å². The topological polar surface area (TPSA) is 12.0 Å². The predicted octanol–water partition coefficient (Wildman–Crippen LogP) is 5.51. The van der Waals surface area contributed by atoms with Gasteiger partial charge in [-0.25, -0.2) is 4.39 Å². The molecule has 0 bridgehead atoms. The molecule has 2 aromatic carbocycles. The average Bonchev–Trinajstić information content (AvgIpc) is 2.35. The third kappa shape index (κ3) is 3.16. The zero-order valence-electron chi connectivity index (χ0n) is 9.18. The van der Waals surface area contributed by atoms with Crippen LogP contribution in [0.1, 0.15) is 5.56 Å². The average molecular weight is 349 g/mol. The monoisotopic (exact) mass is 347 g/mol. The van der Waals surface area contributed by atoms with Gasteiger partial charge < -0.3 is 5.32 Å². The van der Waals surface area contributed by atoms with Crippen LogP contribution in [0.4, 0.5) is 10.1 Å². The van der Waals surface area contributed by atoms with E-state index in [-0.39, 0.29) is 5.82 Å². The summed E-state index contributed by atoms with van der Waals surface area (Å²) in [7, 11) is 0. The third-order valence-corrected chi connectivity index (χ3v) is 3.88. The van der Waals surface area contributed by atoms with Crippen LogP contribution >= 0.6 is 39.1 Å². The van der Waals surface area contributed by atoms with E-state index in [0.29, 0.717) is 21.1 Å². The maximum atomic E-state index is 13.3. The SMILES string of the molecule is Fc1cc(CNc2cccc(Cl)c2Cl)ccc1Br. The highest BCUT2D eigenvalue weighted by Crippen LogP contribution is 2.29. The molecule has 0 amide bonds. The van der Waals surface area contributed by atoms with Gasteiger partial charge in [0, 0.05) is 6.54 Å². The predicted molar refractivity (Wildman–Crippen MR) is 77.9 cm³/mol. The van der Waals surface area contributed by atoms with Crippen LogP contribution in [0.15, 0.2) is 40.9 Å². The maximum Gasteiger partial charge on any atom is 0.137 e. The lowest BCUT2D eigenvalue weighted by molar-refractivity contribution is 0.619. The molecule has 0 radical (unpaired) electrons. The molecule has 0 fully saturated rings. The Morgan fingerprint density at radius 2 is 1.94 bits per heavy atom. The minimum atomic E-state index is -0.286. The maximum absolute atomic E-state index is 13.3. The van der Waals surface area contributed by atoms with Crippen molar-refractivity contribution in [3.63, 3.8) is 0 Å². The zero-order valence-corrected chi connectivity index (χ0v) is 12.3. The third-order valence-electron chi connectivity index (χ3n) is 2.42. The summed E-state index contributed by atoms with van der Waals surface area (Å²) in [6, 6.07) is 10.3. The molecule has 1 N–H and O–H groups in total. The van der Waals surface area contributed by atoms with Crippen molar-refractivity contribution < 1.29 is 4.39 Å². The minimum absolute atomic E-state index is 0.286. The van der Waals surface area contributed by atoms with Gasteiger partial charge in [-0.3, -0.25) is 0 Å². The minimum Gasteiger partial charge on any atom is -0.380 e. The Bertz CT molecular complexity index is 575. The van der Waals surface area contributed by atoms with E-state index >= 15 is 0 Å². The van der Waals surface area contributed by atoms with E-state index in [1.165, 1.54) is 6.07 Å². The molecule has 0 unspecified atom stereocenters. The van der Waals surface area contributed by atoms with Gasteiger partial charge in [0.05, 0.1) is 20.2 Å². The molecular formula is C13H9BrCl2FN. The van der Waals surface area contributed by atoms with E-state index in [0.717, 1.165) is 11.3 Å². The lowest BCUT2D eigenvalue weighted by Crippen LogP contribution is -2.00. The number of hydrogen-bond acceptors (Lipinski definition) is 1. The Morgan fingerprint density at radius 1 is 1.17 bits per heavy atom. The Balaban J connectivity index is 2.11. The summed E-state index contributed by atoms with van der Waals surface area (Å²) in [6.07, 6.45) is 0. The van der Waals surface area contributed by atoms with Crippen LogP contribution in [-0.4, -0.2) is 0 Å². The van der Waals surface area contributed by atoms with Crippen molar-refractivity contribution in [3.8, 4) is 0 Å². The second-order valence-corrected chi connectivity index (χ2v) is 5.34. The van der Waals surface area contributed by atoms with E-state index in [1.807, 2.05) is 12.1 Å². The van der Waals surface area contributed by atoms with Gasteiger partial charge in [0.1, 0.15) is 5.82 Å². The lowest BCUT2D eigenvalue weighted by atomic mass is 10.2. The van der Waals surface area contributed by atoms with Crippen molar-refractivity contribution in [2.45, 2.75) is 6.54 Å². The van der Waals surface area contributed by atoms with Gasteiger partial charge in [0.15, 0.2) is 0 Å². The first-order chi connectivity index (χ1) is 8.58. The quantitative estimate of drug-likeness (QED) is 0.771. The van der Waals surface area contributed by atoms with Crippen LogP contribution in [0.2, 0.25) is 10.0 Å². The van der Waals surface area contributed by atoms with Crippen molar-refractivity contribution in [1.29, 1.82) is 0 Å². The van der Waals surface area contributed by atoms with Crippen LogP contribution in [-0.2, 0) is 6.54 Å². The Morgan fingerprint density at radius 3 is 2.67 bits per heavy atom. The fourth-order valence-electron chi connectivity index (χ4n) is 1.49. The highest BCUT2D eigenvalue weighted by atomic mass is 79.9. The van der Waals surface area contributed by atoms with Crippen molar-refractivity contribution in [2.24, 2.45) is 0 Å².